The van der Waals surface area contributed by atoms with Crippen LogP contribution in [0.2, 0.25) is 0 Å². The van der Waals surface area contributed by atoms with E-state index in [-0.39, 0.29) is 17.5 Å². The van der Waals surface area contributed by atoms with Gasteiger partial charge in [-0.25, -0.2) is 9.55 Å². The number of rotatable bonds is 4. The van der Waals surface area contributed by atoms with Crippen LogP contribution in [-0.4, -0.2) is 65.5 Å². The monoisotopic (exact) mass is 365 g/mol. The number of guanidine groups is 1. The Bertz CT molecular complexity index is 703. The van der Waals surface area contributed by atoms with E-state index in [0.717, 1.165) is 0 Å². The van der Waals surface area contributed by atoms with Crippen LogP contribution in [0.5, 0.6) is 0 Å². The lowest BCUT2D eigenvalue weighted by Crippen LogP contribution is -2.37. The molecule has 1 aromatic rings. The molecule has 13 nitrogen and oxygen atoms in total. The Balaban J connectivity index is 1.83. The Morgan fingerprint density at radius 3 is 2.75 bits per heavy atom. The molecule has 2 aliphatic rings. The molecule has 0 aromatic carbocycles. The maximum absolute atomic E-state index is 10.7. The smallest absolute Gasteiger partial charge is 0.387 e. The molecule has 3 rings (SSSR count). The second-order valence-electron chi connectivity index (χ2n) is 5.24. The first kappa shape index (κ1) is 17.3. The number of aliphatic imine (C=N–C) groups is 1. The van der Waals surface area contributed by atoms with Crippen molar-refractivity contribution in [2.24, 2.45) is 10.7 Å². The van der Waals surface area contributed by atoms with Crippen LogP contribution in [0.3, 0.4) is 0 Å². The van der Waals surface area contributed by atoms with Crippen molar-refractivity contribution >= 4 is 19.6 Å². The minimum absolute atomic E-state index is 0.0776. The highest BCUT2D eigenvalue weighted by Crippen LogP contribution is 2.40. The highest BCUT2D eigenvalue weighted by Gasteiger charge is 2.45. The van der Waals surface area contributed by atoms with Gasteiger partial charge in [-0.3, -0.25) is 9.09 Å². The predicted molar refractivity (Wildman–Crippen MR) is 75.5 cm³/mol. The van der Waals surface area contributed by atoms with Gasteiger partial charge in [0.15, 0.2) is 24.2 Å². The summed E-state index contributed by atoms with van der Waals surface area (Å²) in [6.45, 7) is -0.633. The summed E-state index contributed by atoms with van der Waals surface area (Å²) in [4.78, 5) is 25.3. The summed E-state index contributed by atoms with van der Waals surface area (Å²) < 4.78 is 21.7. The molecule has 2 aliphatic heterocycles. The third-order valence-corrected chi connectivity index (χ3v) is 4.07. The number of aromatic nitrogens is 2. The third-order valence-electron chi connectivity index (χ3n) is 3.58. The van der Waals surface area contributed by atoms with Crippen molar-refractivity contribution in [3.8, 4) is 0 Å². The molecule has 2 unspecified atom stereocenters. The van der Waals surface area contributed by atoms with Crippen molar-refractivity contribution in [3.05, 3.63) is 12.0 Å². The van der Waals surface area contributed by atoms with E-state index in [4.69, 9.17) is 20.3 Å². The summed E-state index contributed by atoms with van der Waals surface area (Å²) in [5.41, 5.74) is 5.67. The molecule has 1 saturated heterocycles. The van der Waals surface area contributed by atoms with E-state index >= 15 is 0 Å². The molecule has 0 aliphatic carbocycles. The van der Waals surface area contributed by atoms with Gasteiger partial charge < -0.3 is 40.9 Å². The number of imidazole rings is 1. The van der Waals surface area contributed by atoms with Gasteiger partial charge in [0, 0.05) is 0 Å². The van der Waals surface area contributed by atoms with Crippen LogP contribution in [0.4, 0.5) is 5.82 Å². The van der Waals surface area contributed by atoms with Crippen LogP contribution in [0, 0.1) is 0 Å². The van der Waals surface area contributed by atoms with Crippen molar-refractivity contribution in [3.63, 3.8) is 0 Å². The fraction of sp³-hybridized carbons (Fsp3) is 0.600. The largest absolute Gasteiger partial charge is 0.469 e. The molecule has 0 spiro atoms. The van der Waals surface area contributed by atoms with Crippen molar-refractivity contribution < 1.29 is 38.9 Å². The number of nitrogens with one attached hydrogen (secondary N) is 1. The Morgan fingerprint density at radius 2 is 2.08 bits per heavy atom. The number of aliphatic hydroxyl groups is 3. The van der Waals surface area contributed by atoms with Gasteiger partial charge in [0.05, 0.1) is 12.9 Å². The molecule has 0 amide bonds. The van der Waals surface area contributed by atoms with Gasteiger partial charge in [-0.15, -0.1) is 0 Å². The van der Waals surface area contributed by atoms with Gasteiger partial charge >= 0.3 is 7.82 Å². The summed E-state index contributed by atoms with van der Waals surface area (Å²) in [7, 11) is -4.75. The van der Waals surface area contributed by atoms with Gasteiger partial charge in [0.25, 0.3) is 0 Å². The number of phosphoric ester groups is 1. The number of fused-ring (bicyclic) bond motifs is 1. The van der Waals surface area contributed by atoms with Gasteiger partial charge in [-0.1, -0.05) is 0 Å². The first-order valence-corrected chi connectivity index (χ1v) is 8.27. The summed E-state index contributed by atoms with van der Waals surface area (Å²) in [5.74, 6) is 0.0396. The second-order valence-corrected chi connectivity index (χ2v) is 6.48. The molecular weight excluding hydrogens is 349 g/mol. The van der Waals surface area contributed by atoms with E-state index in [2.05, 4.69) is 19.8 Å². The first-order valence-electron chi connectivity index (χ1n) is 6.74. The predicted octanol–water partition coefficient (Wildman–Crippen LogP) is -2.85. The van der Waals surface area contributed by atoms with Crippen molar-refractivity contribution in [1.82, 2.24) is 14.9 Å². The molecular formula is C10H16N5O8P. The normalized spacial score (nSPS) is 33.0. The number of aliphatic hydroxyl groups excluding tert-OH is 3. The van der Waals surface area contributed by atoms with Crippen LogP contribution >= 0.6 is 7.82 Å². The van der Waals surface area contributed by atoms with E-state index in [0.29, 0.717) is 0 Å². The van der Waals surface area contributed by atoms with E-state index in [1.807, 2.05) is 0 Å². The molecule has 8 N–H and O–H groups in total. The topological polar surface area (TPSA) is 205 Å². The lowest BCUT2D eigenvalue weighted by molar-refractivity contribution is -0.0513. The first-order chi connectivity index (χ1) is 11.2. The Kier molecular flexibility index (Phi) is 4.36. The van der Waals surface area contributed by atoms with E-state index in [1.54, 1.807) is 0 Å². The molecule has 3 heterocycles. The zero-order chi connectivity index (χ0) is 17.6. The number of phosphoric acid groups is 1. The summed E-state index contributed by atoms with van der Waals surface area (Å²) >= 11 is 0. The number of nitrogens with two attached hydrogens (primary N) is 1. The van der Waals surface area contributed by atoms with Crippen LogP contribution in [-0.2, 0) is 13.8 Å². The Morgan fingerprint density at radius 1 is 1.38 bits per heavy atom. The fourth-order valence-electron chi connectivity index (χ4n) is 2.49. The molecule has 24 heavy (non-hydrogen) atoms. The minimum atomic E-state index is -4.75. The van der Waals surface area contributed by atoms with E-state index < -0.39 is 45.2 Å². The van der Waals surface area contributed by atoms with Crippen molar-refractivity contribution in [2.75, 3.05) is 6.61 Å². The number of hydrogen-bond acceptors (Lipinski definition) is 10. The molecule has 5 atom stereocenters. The molecule has 0 saturated carbocycles. The Labute approximate surface area is 134 Å². The SMILES string of the molecule is NC1=Nc2c(ncn2[C@@H]2O[C@H](COP(=O)(O)O)[C@@H](O)C2O)C(O)N1. The second kappa shape index (κ2) is 6.06. The van der Waals surface area contributed by atoms with E-state index in [9.17, 15) is 19.9 Å². The van der Waals surface area contributed by atoms with Crippen molar-refractivity contribution in [1.29, 1.82) is 0 Å². The molecule has 14 heteroatoms. The Hall–Kier alpha value is -1.57. The highest BCUT2D eigenvalue weighted by atomic mass is 31.2. The third kappa shape index (κ3) is 3.16. The number of ether oxygens (including phenoxy) is 1. The number of hydrogen-bond donors (Lipinski definition) is 7. The summed E-state index contributed by atoms with van der Waals surface area (Å²) in [5, 5.41) is 32.4. The zero-order valence-corrected chi connectivity index (χ0v) is 12.9. The summed E-state index contributed by atoms with van der Waals surface area (Å²) in [6, 6.07) is 0. The average molecular weight is 365 g/mol. The zero-order valence-electron chi connectivity index (χ0n) is 12.0. The van der Waals surface area contributed by atoms with Crippen LogP contribution in [0.1, 0.15) is 18.1 Å². The van der Waals surface area contributed by atoms with Gasteiger partial charge in [0.2, 0.25) is 0 Å². The van der Waals surface area contributed by atoms with Crippen molar-refractivity contribution in [2.45, 2.75) is 30.8 Å². The molecule has 134 valence electrons. The summed E-state index contributed by atoms with van der Waals surface area (Å²) in [6.07, 6.45) is -5.24. The molecule has 0 bridgehead atoms. The molecule has 1 aromatic heterocycles. The van der Waals surface area contributed by atoms with Gasteiger partial charge in [0.1, 0.15) is 24.0 Å². The average Bonchev–Trinajstić information content (AvgIpc) is 3.00. The maximum Gasteiger partial charge on any atom is 0.469 e. The molecule has 0 radical (unpaired) electrons. The maximum atomic E-state index is 10.7. The number of nitrogens with zero attached hydrogens (tertiary/aromatic N) is 3. The van der Waals surface area contributed by atoms with Gasteiger partial charge in [-0.05, 0) is 0 Å². The quantitative estimate of drug-likeness (QED) is 0.270. The lowest BCUT2D eigenvalue weighted by Gasteiger charge is -2.21. The minimum Gasteiger partial charge on any atom is -0.387 e. The van der Waals surface area contributed by atoms with E-state index in [1.165, 1.54) is 10.9 Å². The standard InChI is InChI=1S/C10H16N5O8P/c11-10-13-7-4(8(18)14-10)12-2-15(7)9-6(17)5(16)3(23-9)1-22-24(19,20)21/h2-3,5-6,8-9,16-18H,1H2,(H3,11,13,14)(H2,19,20,21)/t3-,5-,6?,8?,9-/m1/s1. The van der Waals surface area contributed by atoms with Crippen LogP contribution in [0.25, 0.3) is 0 Å². The molecule has 1 fully saturated rings. The fourth-order valence-corrected chi connectivity index (χ4v) is 2.83. The van der Waals surface area contributed by atoms with Gasteiger partial charge in [-0.2, -0.15) is 4.99 Å². The van der Waals surface area contributed by atoms with Crippen LogP contribution in [0.15, 0.2) is 11.3 Å². The highest BCUT2D eigenvalue weighted by molar-refractivity contribution is 7.46. The lowest BCUT2D eigenvalue weighted by atomic mass is 10.1. The van der Waals surface area contributed by atoms with Crippen LogP contribution < -0.4 is 11.1 Å².